The van der Waals surface area contributed by atoms with Crippen LogP contribution in [-0.4, -0.2) is 30.6 Å². The van der Waals surface area contributed by atoms with Gasteiger partial charge in [-0.1, -0.05) is 32.4 Å². The van der Waals surface area contributed by atoms with Gasteiger partial charge in [-0.3, -0.25) is 4.90 Å². The molecule has 2 rings (SSSR count). The molecule has 3 heteroatoms. The van der Waals surface area contributed by atoms with Gasteiger partial charge in [0.1, 0.15) is 5.82 Å². The maximum Gasteiger partial charge on any atom is 0.126 e. The van der Waals surface area contributed by atoms with Crippen molar-refractivity contribution in [2.24, 2.45) is 5.92 Å². The molecule has 0 amide bonds. The van der Waals surface area contributed by atoms with Crippen molar-refractivity contribution in [1.82, 2.24) is 10.2 Å². The summed E-state index contributed by atoms with van der Waals surface area (Å²) in [4.78, 5) is 2.50. The zero-order chi connectivity index (χ0) is 15.4. The third-order valence-electron chi connectivity index (χ3n) is 5.02. The predicted molar refractivity (Wildman–Crippen MR) is 87.0 cm³/mol. The summed E-state index contributed by atoms with van der Waals surface area (Å²) in [7, 11) is 0. The van der Waals surface area contributed by atoms with Crippen LogP contribution in [0.15, 0.2) is 18.2 Å². The van der Waals surface area contributed by atoms with E-state index in [-0.39, 0.29) is 11.9 Å². The Morgan fingerprint density at radius 3 is 2.81 bits per heavy atom. The second kappa shape index (κ2) is 7.37. The molecule has 0 aliphatic carbocycles. The van der Waals surface area contributed by atoms with Gasteiger partial charge in [0.05, 0.1) is 0 Å². The number of nitrogens with zero attached hydrogens (tertiary/aromatic N) is 1. The zero-order valence-electron chi connectivity index (χ0n) is 13.8. The minimum Gasteiger partial charge on any atom is -0.312 e. The first kappa shape index (κ1) is 16.4. The van der Waals surface area contributed by atoms with E-state index < -0.39 is 0 Å². The van der Waals surface area contributed by atoms with Crippen molar-refractivity contribution in [2.45, 2.75) is 52.6 Å². The predicted octanol–water partition coefficient (Wildman–Crippen LogP) is 3.91. The van der Waals surface area contributed by atoms with Crippen molar-refractivity contribution in [3.8, 4) is 0 Å². The summed E-state index contributed by atoms with van der Waals surface area (Å²) < 4.78 is 13.8. The van der Waals surface area contributed by atoms with Gasteiger partial charge in [-0.2, -0.15) is 0 Å². The normalized spacial score (nSPS) is 23.6. The van der Waals surface area contributed by atoms with Crippen molar-refractivity contribution in [1.29, 1.82) is 0 Å². The van der Waals surface area contributed by atoms with Crippen molar-refractivity contribution >= 4 is 0 Å². The number of benzene rings is 1. The van der Waals surface area contributed by atoms with Gasteiger partial charge in [0.25, 0.3) is 0 Å². The molecule has 1 aromatic carbocycles. The first-order chi connectivity index (χ1) is 10.0. The van der Waals surface area contributed by atoms with Crippen LogP contribution in [0.1, 0.15) is 50.8 Å². The molecule has 2 nitrogen and oxygen atoms in total. The van der Waals surface area contributed by atoms with Crippen LogP contribution < -0.4 is 5.32 Å². The molecule has 0 saturated carbocycles. The fraction of sp³-hybridized carbons (Fsp3) is 0.667. The number of rotatable bonds is 4. The lowest BCUT2D eigenvalue weighted by atomic mass is 9.97. The topological polar surface area (TPSA) is 15.3 Å². The Morgan fingerprint density at radius 1 is 1.38 bits per heavy atom. The second-order valence-corrected chi connectivity index (χ2v) is 6.48. The Balaban J connectivity index is 2.12. The molecule has 1 heterocycles. The smallest absolute Gasteiger partial charge is 0.126 e. The maximum atomic E-state index is 13.8. The lowest BCUT2D eigenvalue weighted by Crippen LogP contribution is -2.42. The molecule has 3 atom stereocenters. The largest absolute Gasteiger partial charge is 0.312 e. The number of aryl methyl sites for hydroxylation is 1. The highest BCUT2D eigenvalue weighted by molar-refractivity contribution is 5.25. The van der Waals surface area contributed by atoms with Crippen LogP contribution in [0.3, 0.4) is 0 Å². The Bertz CT molecular complexity index is 461. The number of halogens is 1. The lowest BCUT2D eigenvalue weighted by molar-refractivity contribution is 0.188. The zero-order valence-corrected chi connectivity index (χ0v) is 13.8. The van der Waals surface area contributed by atoms with Gasteiger partial charge in [-0.25, -0.2) is 4.39 Å². The molecule has 1 aliphatic heterocycles. The van der Waals surface area contributed by atoms with Gasteiger partial charge in [-0.05, 0) is 49.9 Å². The summed E-state index contributed by atoms with van der Waals surface area (Å²) >= 11 is 0. The first-order valence-corrected chi connectivity index (χ1v) is 8.26. The van der Waals surface area contributed by atoms with Crippen molar-refractivity contribution in [3.05, 3.63) is 35.1 Å². The van der Waals surface area contributed by atoms with E-state index in [2.05, 4.69) is 37.1 Å². The van der Waals surface area contributed by atoms with Gasteiger partial charge < -0.3 is 5.32 Å². The van der Waals surface area contributed by atoms with Gasteiger partial charge in [0, 0.05) is 25.2 Å². The van der Waals surface area contributed by atoms with Crippen LogP contribution in [0.5, 0.6) is 0 Å². The molecule has 0 radical (unpaired) electrons. The third kappa shape index (κ3) is 4.04. The summed E-state index contributed by atoms with van der Waals surface area (Å²) in [6.07, 6.45) is 2.35. The molecular formula is C18H29FN2. The summed E-state index contributed by atoms with van der Waals surface area (Å²) in [5.41, 5.74) is 1.81. The minimum absolute atomic E-state index is 0.0919. The highest BCUT2D eigenvalue weighted by atomic mass is 19.1. The molecule has 1 N–H and O–H groups in total. The minimum atomic E-state index is -0.0919. The molecule has 1 saturated heterocycles. The maximum absolute atomic E-state index is 13.8. The van der Waals surface area contributed by atoms with Gasteiger partial charge >= 0.3 is 0 Å². The van der Waals surface area contributed by atoms with Crippen LogP contribution in [0, 0.1) is 18.7 Å². The Labute approximate surface area is 128 Å². The molecule has 118 valence electrons. The average Bonchev–Trinajstić information content (AvgIpc) is 2.74. The van der Waals surface area contributed by atoms with Gasteiger partial charge in [0.2, 0.25) is 0 Å². The van der Waals surface area contributed by atoms with E-state index in [0.29, 0.717) is 12.0 Å². The van der Waals surface area contributed by atoms with E-state index in [0.717, 1.165) is 37.2 Å². The van der Waals surface area contributed by atoms with Crippen molar-refractivity contribution in [2.75, 3.05) is 19.6 Å². The summed E-state index contributed by atoms with van der Waals surface area (Å²) in [6.45, 7) is 11.8. The lowest BCUT2D eigenvalue weighted by Gasteiger charge is -2.32. The van der Waals surface area contributed by atoms with E-state index >= 15 is 0 Å². The van der Waals surface area contributed by atoms with Crippen LogP contribution in [-0.2, 0) is 0 Å². The fourth-order valence-electron chi connectivity index (χ4n) is 3.08. The highest BCUT2D eigenvalue weighted by Crippen LogP contribution is 2.25. The van der Waals surface area contributed by atoms with Crippen LogP contribution in [0.4, 0.5) is 4.39 Å². The highest BCUT2D eigenvalue weighted by Gasteiger charge is 2.25. The molecule has 0 spiro atoms. The third-order valence-corrected chi connectivity index (χ3v) is 5.02. The fourth-order valence-corrected chi connectivity index (χ4v) is 3.08. The average molecular weight is 292 g/mol. The van der Waals surface area contributed by atoms with Crippen LogP contribution >= 0.6 is 0 Å². The quantitative estimate of drug-likeness (QED) is 0.905. The molecule has 0 aromatic heterocycles. The number of hydrogen-bond acceptors (Lipinski definition) is 2. The standard InChI is InChI=1S/C18H29FN2/c1-5-13(2)18-12-21(10-6-9-20-18)15(4)16-8-7-14(3)17(19)11-16/h7-8,11,13,15,18,20H,5-6,9-10,12H2,1-4H3. The van der Waals surface area contributed by atoms with Gasteiger partial charge in [-0.15, -0.1) is 0 Å². The molecular weight excluding hydrogens is 263 g/mol. The number of hydrogen-bond donors (Lipinski definition) is 1. The molecule has 21 heavy (non-hydrogen) atoms. The van der Waals surface area contributed by atoms with E-state index in [1.165, 1.54) is 6.42 Å². The molecule has 1 fully saturated rings. The Morgan fingerprint density at radius 2 is 2.14 bits per heavy atom. The Kier molecular flexibility index (Phi) is 5.77. The summed E-state index contributed by atoms with van der Waals surface area (Å²) in [5.74, 6) is 0.582. The summed E-state index contributed by atoms with van der Waals surface area (Å²) in [6, 6.07) is 6.47. The van der Waals surface area contributed by atoms with E-state index in [1.807, 2.05) is 13.0 Å². The SMILES string of the molecule is CCC(C)C1CN(C(C)c2ccc(C)c(F)c2)CCCN1. The molecule has 3 unspecified atom stereocenters. The van der Waals surface area contributed by atoms with Crippen molar-refractivity contribution in [3.63, 3.8) is 0 Å². The number of nitrogens with one attached hydrogen (secondary N) is 1. The second-order valence-electron chi connectivity index (χ2n) is 6.48. The van der Waals surface area contributed by atoms with Crippen LogP contribution in [0.2, 0.25) is 0 Å². The van der Waals surface area contributed by atoms with Gasteiger partial charge in [0.15, 0.2) is 0 Å². The summed E-state index contributed by atoms with van der Waals surface area (Å²) in [5, 5.41) is 3.67. The van der Waals surface area contributed by atoms with Crippen molar-refractivity contribution < 1.29 is 4.39 Å². The first-order valence-electron chi connectivity index (χ1n) is 8.26. The molecule has 1 aliphatic rings. The van der Waals surface area contributed by atoms with E-state index in [9.17, 15) is 4.39 Å². The van der Waals surface area contributed by atoms with E-state index in [4.69, 9.17) is 0 Å². The Hall–Kier alpha value is -0.930. The molecule has 0 bridgehead atoms. The molecule has 1 aromatic rings. The monoisotopic (exact) mass is 292 g/mol. The van der Waals surface area contributed by atoms with E-state index in [1.54, 1.807) is 6.07 Å². The van der Waals surface area contributed by atoms with Crippen LogP contribution in [0.25, 0.3) is 0 Å².